The second-order valence-electron chi connectivity index (χ2n) is 7.25. The van der Waals surface area contributed by atoms with E-state index < -0.39 is 30.6 Å². The molecule has 11 heteroatoms. The van der Waals surface area contributed by atoms with Gasteiger partial charge in [-0.15, -0.1) is 0 Å². The summed E-state index contributed by atoms with van der Waals surface area (Å²) in [5.74, 6) is -3.49. The maximum atomic E-state index is 13.4. The maximum absolute atomic E-state index is 13.4. The van der Waals surface area contributed by atoms with E-state index in [1.54, 1.807) is 13.0 Å². The predicted molar refractivity (Wildman–Crippen MR) is 105 cm³/mol. The van der Waals surface area contributed by atoms with Gasteiger partial charge >= 0.3 is 6.18 Å². The van der Waals surface area contributed by atoms with Crippen molar-refractivity contribution in [1.29, 1.82) is 0 Å². The standard InChI is InChI=1S/C20H18ClF5N4O/c1-11(16-7-13-8-28-30(10-20(24,25)26)17(13)9-27-16)29-18(31)6-12-3-4-14(15(21)5-12)19(2,22)23/h3-5,7-9,11H,6,10H2,1-2H3,(H,29,31)/t11-/m1/s1. The number of pyridine rings is 1. The van der Waals surface area contributed by atoms with E-state index in [0.717, 1.165) is 11.6 Å². The summed E-state index contributed by atoms with van der Waals surface area (Å²) in [7, 11) is 0. The summed E-state index contributed by atoms with van der Waals surface area (Å²) in [6.45, 7) is 1.17. The Morgan fingerprint density at radius 1 is 1.19 bits per heavy atom. The molecule has 1 amide bonds. The van der Waals surface area contributed by atoms with Crippen molar-refractivity contribution in [1.82, 2.24) is 20.1 Å². The third-order valence-corrected chi connectivity index (χ3v) is 4.88. The predicted octanol–water partition coefficient (Wildman–Crippen LogP) is 5.18. The fourth-order valence-electron chi connectivity index (χ4n) is 3.10. The Morgan fingerprint density at radius 3 is 2.52 bits per heavy atom. The lowest BCUT2D eigenvalue weighted by Gasteiger charge is -2.15. The van der Waals surface area contributed by atoms with Gasteiger partial charge in [-0.25, -0.2) is 8.78 Å². The highest BCUT2D eigenvalue weighted by Crippen LogP contribution is 2.33. The summed E-state index contributed by atoms with van der Waals surface area (Å²) in [5.41, 5.74) is 0.795. The molecule has 0 fully saturated rings. The number of halogens is 6. The van der Waals surface area contributed by atoms with Crippen LogP contribution in [-0.2, 0) is 23.7 Å². The molecule has 0 unspecified atom stereocenters. The van der Waals surface area contributed by atoms with Crippen LogP contribution in [0.2, 0.25) is 5.02 Å². The smallest absolute Gasteiger partial charge is 0.348 e. The molecule has 0 saturated heterocycles. The van der Waals surface area contributed by atoms with Crippen molar-refractivity contribution >= 4 is 28.4 Å². The number of fused-ring (bicyclic) bond motifs is 1. The molecule has 166 valence electrons. The summed E-state index contributed by atoms with van der Waals surface area (Å²) in [4.78, 5) is 16.5. The van der Waals surface area contributed by atoms with Crippen molar-refractivity contribution in [2.24, 2.45) is 0 Å². The Morgan fingerprint density at radius 2 is 1.90 bits per heavy atom. The van der Waals surface area contributed by atoms with E-state index in [4.69, 9.17) is 11.6 Å². The molecule has 1 N–H and O–H groups in total. The fraction of sp³-hybridized carbons (Fsp3) is 0.350. The lowest BCUT2D eigenvalue weighted by molar-refractivity contribution is -0.141. The van der Waals surface area contributed by atoms with Crippen LogP contribution in [0.25, 0.3) is 10.9 Å². The molecule has 0 aliphatic carbocycles. The highest BCUT2D eigenvalue weighted by atomic mass is 35.5. The van der Waals surface area contributed by atoms with Crippen LogP contribution < -0.4 is 5.32 Å². The summed E-state index contributed by atoms with van der Waals surface area (Å²) >= 11 is 5.90. The van der Waals surface area contributed by atoms with Crippen molar-refractivity contribution in [2.45, 2.75) is 45.0 Å². The number of hydrogen-bond acceptors (Lipinski definition) is 3. The Hall–Kier alpha value is -2.75. The van der Waals surface area contributed by atoms with Gasteiger partial charge in [-0.05, 0) is 24.6 Å². The van der Waals surface area contributed by atoms with Crippen molar-refractivity contribution in [3.8, 4) is 0 Å². The number of nitrogens with one attached hydrogen (secondary N) is 1. The zero-order valence-electron chi connectivity index (χ0n) is 16.5. The Kier molecular flexibility index (Phi) is 6.22. The van der Waals surface area contributed by atoms with Crippen LogP contribution in [0.15, 0.2) is 36.7 Å². The van der Waals surface area contributed by atoms with E-state index in [2.05, 4.69) is 15.4 Å². The first-order chi connectivity index (χ1) is 14.3. The van der Waals surface area contributed by atoms with Gasteiger partial charge in [0.25, 0.3) is 5.92 Å². The number of alkyl halides is 5. The zero-order chi connectivity index (χ0) is 23.0. The first kappa shape index (κ1) is 22.9. The number of aromatic nitrogens is 3. The number of nitrogens with zero attached hydrogens (tertiary/aromatic N) is 3. The Labute approximate surface area is 179 Å². The second-order valence-corrected chi connectivity index (χ2v) is 7.66. The number of hydrogen-bond donors (Lipinski definition) is 1. The third-order valence-electron chi connectivity index (χ3n) is 4.57. The first-order valence-corrected chi connectivity index (χ1v) is 9.55. The maximum Gasteiger partial charge on any atom is 0.408 e. The third kappa shape index (κ3) is 5.69. The largest absolute Gasteiger partial charge is 0.408 e. The molecule has 2 aromatic heterocycles. The van der Waals surface area contributed by atoms with Crippen LogP contribution in [-0.4, -0.2) is 26.8 Å². The average molecular weight is 461 g/mol. The van der Waals surface area contributed by atoms with Crippen LogP contribution >= 0.6 is 11.6 Å². The number of amides is 1. The van der Waals surface area contributed by atoms with Gasteiger partial charge in [0.1, 0.15) is 6.54 Å². The molecular weight excluding hydrogens is 443 g/mol. The first-order valence-electron chi connectivity index (χ1n) is 9.18. The van der Waals surface area contributed by atoms with Crippen molar-refractivity contribution in [2.75, 3.05) is 0 Å². The van der Waals surface area contributed by atoms with Crippen LogP contribution in [0, 0.1) is 0 Å². The minimum absolute atomic E-state index is 0.0919. The molecule has 0 radical (unpaired) electrons. The Bertz CT molecular complexity index is 1110. The number of carbonyl (C=O) groups is 1. The van der Waals surface area contributed by atoms with Crippen molar-refractivity contribution in [3.05, 3.63) is 58.5 Å². The van der Waals surface area contributed by atoms with Crippen LogP contribution in [0.1, 0.15) is 36.7 Å². The van der Waals surface area contributed by atoms with Gasteiger partial charge < -0.3 is 5.32 Å². The van der Waals surface area contributed by atoms with Gasteiger partial charge in [-0.3, -0.25) is 14.5 Å². The van der Waals surface area contributed by atoms with Crippen LogP contribution in [0.5, 0.6) is 0 Å². The SMILES string of the molecule is C[C@@H](NC(=O)Cc1ccc(C(C)(F)F)c(Cl)c1)c1cc2cnn(CC(F)(F)F)c2cn1. The summed E-state index contributed by atoms with van der Waals surface area (Å²) < 4.78 is 65.5. The summed E-state index contributed by atoms with van der Waals surface area (Å²) in [5, 5.41) is 6.78. The van der Waals surface area contributed by atoms with E-state index in [-0.39, 0.29) is 22.5 Å². The van der Waals surface area contributed by atoms with Gasteiger partial charge in [0, 0.05) is 17.9 Å². The van der Waals surface area contributed by atoms with E-state index >= 15 is 0 Å². The van der Waals surface area contributed by atoms with Crippen molar-refractivity contribution < 1.29 is 26.7 Å². The lowest BCUT2D eigenvalue weighted by atomic mass is 10.0. The van der Waals surface area contributed by atoms with Crippen molar-refractivity contribution in [3.63, 3.8) is 0 Å². The molecule has 0 aliphatic rings. The molecule has 2 heterocycles. The highest BCUT2D eigenvalue weighted by molar-refractivity contribution is 6.31. The molecule has 0 spiro atoms. The average Bonchev–Trinajstić information content (AvgIpc) is 3.01. The number of rotatable bonds is 6. The lowest BCUT2D eigenvalue weighted by Crippen LogP contribution is -2.28. The van der Waals surface area contributed by atoms with Gasteiger partial charge in [0.15, 0.2) is 0 Å². The molecule has 0 aliphatic heterocycles. The van der Waals surface area contributed by atoms with Gasteiger partial charge in [0.05, 0.1) is 41.1 Å². The van der Waals surface area contributed by atoms with E-state index in [9.17, 15) is 26.7 Å². The quantitative estimate of drug-likeness (QED) is 0.516. The molecular formula is C20H18ClF5N4O. The molecule has 3 rings (SSSR count). The molecule has 1 atom stereocenters. The van der Waals surface area contributed by atoms with E-state index in [1.807, 2.05) is 0 Å². The van der Waals surface area contributed by atoms with Gasteiger partial charge in [-0.2, -0.15) is 18.3 Å². The monoisotopic (exact) mass is 460 g/mol. The number of carbonyl (C=O) groups excluding carboxylic acids is 1. The highest BCUT2D eigenvalue weighted by Gasteiger charge is 2.29. The molecule has 31 heavy (non-hydrogen) atoms. The van der Waals surface area contributed by atoms with Crippen LogP contribution in [0.4, 0.5) is 22.0 Å². The normalized spacial score (nSPS) is 13.4. The molecule has 5 nitrogen and oxygen atoms in total. The van der Waals surface area contributed by atoms with Crippen LogP contribution in [0.3, 0.4) is 0 Å². The Balaban J connectivity index is 1.68. The zero-order valence-corrected chi connectivity index (χ0v) is 17.2. The van der Waals surface area contributed by atoms with Gasteiger partial charge in [-0.1, -0.05) is 23.7 Å². The van der Waals surface area contributed by atoms with E-state index in [1.165, 1.54) is 30.6 Å². The summed E-state index contributed by atoms with van der Waals surface area (Å²) in [6, 6.07) is 4.91. The minimum Gasteiger partial charge on any atom is -0.348 e. The topological polar surface area (TPSA) is 59.8 Å². The summed E-state index contributed by atoms with van der Waals surface area (Å²) in [6.07, 6.45) is -1.93. The molecule has 3 aromatic rings. The van der Waals surface area contributed by atoms with E-state index in [0.29, 0.717) is 16.6 Å². The second kappa shape index (κ2) is 8.41. The van der Waals surface area contributed by atoms with Gasteiger partial charge in [0.2, 0.25) is 5.91 Å². The molecule has 0 bridgehead atoms. The number of benzene rings is 1. The fourth-order valence-corrected chi connectivity index (χ4v) is 3.47. The molecule has 0 saturated carbocycles. The molecule has 1 aromatic carbocycles. The minimum atomic E-state index is -4.41.